The molecular formula is C13H8ClF5O. The minimum atomic E-state index is -5.84. The molecule has 0 fully saturated rings. The van der Waals surface area contributed by atoms with E-state index < -0.39 is 23.8 Å². The summed E-state index contributed by atoms with van der Waals surface area (Å²) in [7, 11) is 0. The van der Waals surface area contributed by atoms with Crippen molar-refractivity contribution < 1.29 is 27.1 Å². The highest BCUT2D eigenvalue weighted by Crippen LogP contribution is 2.46. The maximum Gasteiger partial charge on any atom is 0.456 e. The lowest BCUT2D eigenvalue weighted by Crippen LogP contribution is -2.42. The number of hydrogen-bond acceptors (Lipinski definition) is 1. The molecule has 1 atom stereocenters. The lowest BCUT2D eigenvalue weighted by molar-refractivity contribution is -0.314. The van der Waals surface area contributed by atoms with E-state index in [4.69, 9.17) is 11.6 Å². The van der Waals surface area contributed by atoms with Gasteiger partial charge in [0.05, 0.1) is 0 Å². The van der Waals surface area contributed by atoms with Crippen molar-refractivity contribution in [1.82, 2.24) is 0 Å². The van der Waals surface area contributed by atoms with E-state index in [-0.39, 0.29) is 10.4 Å². The molecule has 108 valence electrons. The smallest absolute Gasteiger partial charge is 0.382 e. The van der Waals surface area contributed by atoms with Gasteiger partial charge in [-0.3, -0.25) is 0 Å². The van der Waals surface area contributed by atoms with Gasteiger partial charge < -0.3 is 5.11 Å². The molecule has 0 aliphatic heterocycles. The fraction of sp³-hybridized carbons (Fsp3) is 0.231. The second-order valence-electron chi connectivity index (χ2n) is 4.21. The zero-order valence-electron chi connectivity index (χ0n) is 9.76. The van der Waals surface area contributed by atoms with E-state index in [2.05, 4.69) is 0 Å². The van der Waals surface area contributed by atoms with Gasteiger partial charge in [-0.2, -0.15) is 22.0 Å². The second-order valence-corrected chi connectivity index (χ2v) is 4.61. The molecule has 1 unspecified atom stereocenters. The lowest BCUT2D eigenvalue weighted by atomic mass is 9.96. The first-order valence-corrected chi connectivity index (χ1v) is 5.84. The number of alkyl halides is 5. The molecule has 0 heterocycles. The first kappa shape index (κ1) is 15.0. The van der Waals surface area contributed by atoms with Gasteiger partial charge in [-0.25, -0.2) is 0 Å². The van der Waals surface area contributed by atoms with Crippen LogP contribution in [0.3, 0.4) is 0 Å². The Morgan fingerprint density at radius 2 is 1.45 bits per heavy atom. The average molecular weight is 311 g/mol. The van der Waals surface area contributed by atoms with Crippen LogP contribution in [0.1, 0.15) is 11.7 Å². The molecular weight excluding hydrogens is 303 g/mol. The maximum atomic E-state index is 13.2. The Labute approximate surface area is 115 Å². The highest BCUT2D eigenvalue weighted by molar-refractivity contribution is 6.35. The van der Waals surface area contributed by atoms with Crippen LogP contribution in [0.25, 0.3) is 10.8 Å². The van der Waals surface area contributed by atoms with E-state index in [9.17, 15) is 27.1 Å². The van der Waals surface area contributed by atoms with Crippen molar-refractivity contribution in [3.8, 4) is 0 Å². The van der Waals surface area contributed by atoms with Gasteiger partial charge in [0.15, 0.2) is 6.10 Å². The first-order valence-electron chi connectivity index (χ1n) is 5.46. The van der Waals surface area contributed by atoms with Crippen LogP contribution >= 0.6 is 11.6 Å². The van der Waals surface area contributed by atoms with Crippen molar-refractivity contribution >= 4 is 22.4 Å². The highest BCUT2D eigenvalue weighted by atomic mass is 35.5. The van der Waals surface area contributed by atoms with E-state index in [1.54, 1.807) is 6.07 Å². The molecule has 0 bridgehead atoms. The van der Waals surface area contributed by atoms with Crippen molar-refractivity contribution in [2.24, 2.45) is 0 Å². The van der Waals surface area contributed by atoms with Gasteiger partial charge in [-0.15, -0.1) is 0 Å². The van der Waals surface area contributed by atoms with Gasteiger partial charge in [0.25, 0.3) is 0 Å². The largest absolute Gasteiger partial charge is 0.456 e. The van der Waals surface area contributed by atoms with Crippen LogP contribution in [0.2, 0.25) is 5.02 Å². The summed E-state index contributed by atoms with van der Waals surface area (Å²) < 4.78 is 63.4. The fourth-order valence-electron chi connectivity index (χ4n) is 1.87. The molecule has 0 aromatic heterocycles. The van der Waals surface area contributed by atoms with E-state index >= 15 is 0 Å². The van der Waals surface area contributed by atoms with Gasteiger partial charge in [-0.1, -0.05) is 41.9 Å². The molecule has 20 heavy (non-hydrogen) atoms. The number of aliphatic hydroxyl groups is 1. The summed E-state index contributed by atoms with van der Waals surface area (Å²) >= 11 is 5.85. The van der Waals surface area contributed by atoms with Gasteiger partial charge in [0, 0.05) is 10.4 Å². The van der Waals surface area contributed by atoms with Crippen LogP contribution in [-0.2, 0) is 0 Å². The molecule has 2 rings (SSSR count). The van der Waals surface area contributed by atoms with Gasteiger partial charge in [0.2, 0.25) is 0 Å². The van der Waals surface area contributed by atoms with Crippen LogP contribution in [0.5, 0.6) is 0 Å². The van der Waals surface area contributed by atoms with Gasteiger partial charge >= 0.3 is 12.1 Å². The third-order valence-electron chi connectivity index (χ3n) is 2.92. The van der Waals surface area contributed by atoms with Crippen LogP contribution in [0.4, 0.5) is 22.0 Å². The number of rotatable bonds is 2. The van der Waals surface area contributed by atoms with Gasteiger partial charge in [0.1, 0.15) is 0 Å². The number of fused-ring (bicyclic) bond motifs is 1. The summed E-state index contributed by atoms with van der Waals surface area (Å²) in [5.41, 5.74) is -0.521. The molecule has 0 spiro atoms. The molecule has 0 amide bonds. The molecule has 2 aromatic rings. The van der Waals surface area contributed by atoms with Crippen molar-refractivity contribution in [3.63, 3.8) is 0 Å². The summed E-state index contributed by atoms with van der Waals surface area (Å²) in [6.45, 7) is 0. The summed E-state index contributed by atoms with van der Waals surface area (Å²) in [6, 6.07) is 7.96. The predicted molar refractivity (Wildman–Crippen MR) is 64.9 cm³/mol. The van der Waals surface area contributed by atoms with Crippen molar-refractivity contribution in [3.05, 3.63) is 47.0 Å². The van der Waals surface area contributed by atoms with Gasteiger partial charge in [-0.05, 0) is 17.0 Å². The van der Waals surface area contributed by atoms with E-state index in [0.717, 1.165) is 6.07 Å². The Hall–Kier alpha value is -1.40. The standard InChI is InChI=1S/C13H8ClF5O/c14-10-6-5-9(7-3-1-2-4-8(7)10)11(20)12(15,16)13(17,18)19/h1-6,11,20H. The van der Waals surface area contributed by atoms with Crippen molar-refractivity contribution in [1.29, 1.82) is 0 Å². The Morgan fingerprint density at radius 1 is 0.900 bits per heavy atom. The number of aliphatic hydroxyl groups excluding tert-OH is 1. The quantitative estimate of drug-likeness (QED) is 0.795. The normalized spacial score (nSPS) is 14.6. The topological polar surface area (TPSA) is 20.2 Å². The zero-order valence-corrected chi connectivity index (χ0v) is 10.5. The molecule has 1 N–H and O–H groups in total. The monoisotopic (exact) mass is 310 g/mol. The van der Waals surface area contributed by atoms with E-state index in [0.29, 0.717) is 5.39 Å². The van der Waals surface area contributed by atoms with Crippen molar-refractivity contribution in [2.45, 2.75) is 18.2 Å². The van der Waals surface area contributed by atoms with Crippen LogP contribution in [0.15, 0.2) is 36.4 Å². The molecule has 0 radical (unpaired) electrons. The van der Waals surface area contributed by atoms with E-state index in [1.165, 1.54) is 24.3 Å². The second kappa shape index (κ2) is 4.86. The molecule has 0 aliphatic carbocycles. The summed E-state index contributed by atoms with van der Waals surface area (Å²) in [5, 5.41) is 10.0. The molecule has 0 aliphatic rings. The number of benzene rings is 2. The highest BCUT2D eigenvalue weighted by Gasteiger charge is 2.62. The SMILES string of the molecule is OC(c1ccc(Cl)c2ccccc12)C(F)(F)C(F)(F)F. The molecule has 1 nitrogen and oxygen atoms in total. The zero-order chi connectivity index (χ0) is 15.1. The Balaban J connectivity index is 2.62. The fourth-order valence-corrected chi connectivity index (χ4v) is 2.10. The van der Waals surface area contributed by atoms with Crippen LogP contribution < -0.4 is 0 Å². The third-order valence-corrected chi connectivity index (χ3v) is 3.25. The van der Waals surface area contributed by atoms with Crippen LogP contribution in [-0.4, -0.2) is 17.2 Å². The molecule has 0 saturated heterocycles. The Kier molecular flexibility index (Phi) is 3.64. The Morgan fingerprint density at radius 3 is 2.00 bits per heavy atom. The minimum Gasteiger partial charge on any atom is -0.382 e. The maximum absolute atomic E-state index is 13.2. The summed E-state index contributed by atoms with van der Waals surface area (Å²) in [6.07, 6.45) is -8.84. The number of halogens is 6. The van der Waals surface area contributed by atoms with Crippen molar-refractivity contribution in [2.75, 3.05) is 0 Å². The molecule has 7 heteroatoms. The Bertz CT molecular complexity index is 638. The third kappa shape index (κ3) is 2.33. The molecule has 2 aromatic carbocycles. The summed E-state index contributed by atoms with van der Waals surface area (Å²) in [4.78, 5) is 0. The van der Waals surface area contributed by atoms with Crippen LogP contribution in [0, 0.1) is 0 Å². The lowest BCUT2D eigenvalue weighted by Gasteiger charge is -2.26. The predicted octanol–water partition coefficient (Wildman–Crippen LogP) is 4.72. The minimum absolute atomic E-state index is 0.0522. The summed E-state index contributed by atoms with van der Waals surface area (Å²) in [5.74, 6) is -5.25. The number of hydrogen-bond donors (Lipinski definition) is 1. The molecule has 0 saturated carbocycles. The average Bonchev–Trinajstić information content (AvgIpc) is 2.37. The van der Waals surface area contributed by atoms with E-state index in [1.807, 2.05) is 0 Å². The first-order chi connectivity index (χ1) is 9.16.